The Labute approximate surface area is 669 Å². The Morgan fingerprint density at radius 1 is 0.318 bits per heavy atom. The molecule has 0 radical (unpaired) electrons. The molecule has 4 aliphatic heterocycles. The molecule has 0 spiro atoms. The number of nitrogens with zero attached hydrogens (tertiary/aromatic N) is 12. The second-order valence-corrected chi connectivity index (χ2v) is 68.9. The monoisotopic (exact) mass is 1660 g/mol. The number of aryl methyl sites for hydroxylation is 4. The molecular formula is C83H109Cl3F6N12Si6+8. The normalized spacial score (nSPS) is 17.4. The van der Waals surface area contributed by atoms with E-state index in [0.717, 1.165) is 97.6 Å². The van der Waals surface area contributed by atoms with Crippen LogP contribution in [0.15, 0.2) is 215 Å². The third kappa shape index (κ3) is 17.0. The molecule has 110 heavy (non-hydrogen) atoms. The first-order valence-electron chi connectivity index (χ1n) is 37.3. The molecule has 1 atom stereocenters. The summed E-state index contributed by atoms with van der Waals surface area (Å²) in [5, 5.41) is 21.8. The van der Waals surface area contributed by atoms with Gasteiger partial charge in [-0.2, -0.15) is 26.3 Å². The lowest BCUT2D eigenvalue weighted by atomic mass is 10.1. The van der Waals surface area contributed by atoms with Crippen LogP contribution >= 0.6 is 34.8 Å². The number of rotatable bonds is 11. The lowest BCUT2D eigenvalue weighted by Crippen LogP contribution is -2.78. The van der Waals surface area contributed by atoms with E-state index in [1.807, 2.05) is 105 Å². The lowest BCUT2D eigenvalue weighted by molar-refractivity contribution is -0.527. The molecule has 1 unspecified atom stereocenters. The van der Waals surface area contributed by atoms with Crippen LogP contribution in [0.25, 0.3) is 0 Å². The first-order valence-corrected chi connectivity index (χ1v) is 59.1. The molecular weight excluding hydrogens is 1550 g/mol. The second kappa shape index (κ2) is 31.1. The van der Waals surface area contributed by atoms with Gasteiger partial charge in [0.15, 0.2) is 28.4 Å². The highest BCUT2D eigenvalue weighted by atomic mass is 35.5. The molecule has 0 amide bonds. The van der Waals surface area contributed by atoms with Gasteiger partial charge < -0.3 is 11.4 Å². The zero-order chi connectivity index (χ0) is 81.3. The largest absolute Gasteiger partial charge is 0.416 e. The van der Waals surface area contributed by atoms with E-state index in [9.17, 15) is 26.3 Å². The third-order valence-electron chi connectivity index (χ3n) is 22.1. The van der Waals surface area contributed by atoms with Crippen molar-refractivity contribution < 1.29 is 45.1 Å². The zero-order valence-electron chi connectivity index (χ0n) is 68.1. The van der Waals surface area contributed by atoms with E-state index >= 15 is 0 Å². The summed E-state index contributed by atoms with van der Waals surface area (Å²) in [7, 11) is -7.96. The fourth-order valence-corrected chi connectivity index (χ4v) is 50.6. The Kier molecular flexibility index (Phi) is 24.1. The Bertz CT molecular complexity index is 5020. The van der Waals surface area contributed by atoms with Crippen LogP contribution in [0.4, 0.5) is 100 Å². The van der Waals surface area contributed by atoms with Gasteiger partial charge in [0.2, 0.25) is 17.1 Å². The maximum atomic E-state index is 13.4. The molecule has 0 aliphatic carbocycles. The number of quaternary nitrogens is 4. The highest BCUT2D eigenvalue weighted by Crippen LogP contribution is 2.53. The van der Waals surface area contributed by atoms with Crippen LogP contribution in [0.1, 0.15) is 33.4 Å². The molecule has 0 fully saturated rings. The van der Waals surface area contributed by atoms with E-state index in [0.29, 0.717) is 17.8 Å². The van der Waals surface area contributed by atoms with Crippen molar-refractivity contribution in [2.24, 2.45) is 20.5 Å². The molecule has 9 aromatic carbocycles. The quantitative estimate of drug-likeness (QED) is 0.0536. The number of benzene rings is 9. The highest BCUT2D eigenvalue weighted by molar-refractivity contribution is 6.96. The number of para-hydroxylation sites is 2. The fraction of sp³-hybridized carbons (Fsp3) is 0.349. The maximum absolute atomic E-state index is 13.4. The number of hydrogen-bond donors (Lipinski definition) is 0. The first kappa shape index (κ1) is 85.4. The van der Waals surface area contributed by atoms with Gasteiger partial charge in [-0.1, -0.05) is 95.5 Å². The van der Waals surface area contributed by atoms with E-state index in [-0.39, 0.29) is 22.9 Å². The predicted molar refractivity (Wildman–Crippen MR) is 462 cm³/mol. The average molecular weight is 1660 g/mol. The van der Waals surface area contributed by atoms with Crippen molar-refractivity contribution in [3.05, 3.63) is 243 Å². The van der Waals surface area contributed by atoms with Crippen molar-refractivity contribution in [1.29, 1.82) is 0 Å². The Morgan fingerprint density at radius 2 is 0.664 bits per heavy atom. The van der Waals surface area contributed by atoms with Gasteiger partial charge in [-0.3, -0.25) is 0 Å². The van der Waals surface area contributed by atoms with Gasteiger partial charge in [-0.15, -0.1) is 0 Å². The van der Waals surface area contributed by atoms with Crippen molar-refractivity contribution in [2.75, 3.05) is 33.7 Å². The Balaban J connectivity index is 0.000000157. The molecule has 9 aromatic rings. The first-order chi connectivity index (χ1) is 50.8. The minimum atomic E-state index is -4.93. The molecule has 0 aromatic heterocycles. The molecule has 0 bridgehead atoms. The van der Waals surface area contributed by atoms with Crippen molar-refractivity contribution in [1.82, 2.24) is 15.9 Å². The standard InChI is InChI=1S/C23H19F6N3.3C20H30ClN3Si2/c1-15-8-9-21-20(10-15)30-31(14-32(21,2)19-6-4-3-5-7-19)18-12-16(22(24,25)26)11-17(13-18)23(27,28)29;1-16-8-13-20-19(14-16)22-23(18-11-9-17(21)10-12-18)15-24(20,25(2,3)4)26(5,6)7;1-16-11-12-20-19(13-16)22-23(18-10-8-9-17(21)14-18)15-24(20,25(2,3)4)26(5,6)7;1-16-12-13-20-18(14-16)22-23(19-11-9-8-10-17(19)21)15-24(20,25(2,3)4)26(5,6)7/h3-13H,14H2,1-2H3;3*8-14H,15H2,1-7H3/q4*+2. The molecule has 12 nitrogen and oxygen atoms in total. The minimum absolute atomic E-state index is 0.0126. The van der Waals surface area contributed by atoms with Crippen LogP contribution in [0, 0.1) is 27.7 Å². The highest BCUT2D eigenvalue weighted by Gasteiger charge is 2.63. The predicted octanol–water partition coefficient (Wildman–Crippen LogP) is 28.8. The van der Waals surface area contributed by atoms with Gasteiger partial charge in [-0.25, -0.2) is 4.48 Å². The molecule has 4 aliphatic rings. The minimum Gasteiger partial charge on any atom is -0.352 e. The number of hydrogen-bond acceptors (Lipinski definition) is 4. The van der Waals surface area contributed by atoms with E-state index in [1.54, 1.807) is 6.07 Å². The van der Waals surface area contributed by atoms with Crippen LogP contribution in [-0.2, 0) is 12.4 Å². The summed E-state index contributed by atoms with van der Waals surface area (Å²) in [6, 6.07) is 60.9. The van der Waals surface area contributed by atoms with Gasteiger partial charge >= 0.3 is 19.0 Å². The van der Waals surface area contributed by atoms with Crippen LogP contribution in [-0.4, -0.2) is 102 Å². The van der Waals surface area contributed by atoms with E-state index in [1.165, 1.54) is 38.4 Å². The van der Waals surface area contributed by atoms with Gasteiger partial charge in [0.05, 0.1) is 18.2 Å². The van der Waals surface area contributed by atoms with Crippen LogP contribution in [0.2, 0.25) is 133 Å². The molecule has 4 heterocycles. The van der Waals surface area contributed by atoms with E-state index < -0.39 is 72.9 Å². The van der Waals surface area contributed by atoms with Gasteiger partial charge in [0, 0.05) is 79.0 Å². The number of fused-ring (bicyclic) bond motifs is 4. The summed E-state index contributed by atoms with van der Waals surface area (Å²) >= 11 is 19.0. The lowest BCUT2D eigenvalue weighted by Gasteiger charge is -2.54. The Morgan fingerprint density at radius 3 is 1.05 bits per heavy atom. The third-order valence-corrected chi connectivity index (χ3v) is 51.0. The van der Waals surface area contributed by atoms with E-state index in [2.05, 4.69) is 237 Å². The molecule has 0 N–H and O–H groups in total. The van der Waals surface area contributed by atoms with Crippen LogP contribution in [0.3, 0.4) is 0 Å². The van der Waals surface area contributed by atoms with Gasteiger partial charge in [0.25, 0.3) is 75.1 Å². The molecule has 13 rings (SSSR count). The average Bonchev–Trinajstić information content (AvgIpc) is 0.721. The number of halogens is 9. The van der Waals surface area contributed by atoms with Gasteiger partial charge in [0.1, 0.15) is 27.8 Å². The van der Waals surface area contributed by atoms with Crippen molar-refractivity contribution in [3.63, 3.8) is 0 Å². The maximum Gasteiger partial charge on any atom is 0.416 e. The molecule has 27 heteroatoms. The van der Waals surface area contributed by atoms with Crippen molar-refractivity contribution in [2.45, 2.75) is 158 Å². The summed E-state index contributed by atoms with van der Waals surface area (Å²) in [5.41, 5.74) is 14.4. The zero-order valence-corrected chi connectivity index (χ0v) is 76.3. The fourth-order valence-electron chi connectivity index (χ4n) is 17.0. The topological polar surface area (TPSA) is 61.5 Å². The molecule has 0 saturated carbocycles. The Hall–Kier alpha value is -7.03. The van der Waals surface area contributed by atoms with Crippen molar-refractivity contribution >= 4 is 158 Å². The summed E-state index contributed by atoms with van der Waals surface area (Å²) in [6.07, 6.45) is -9.87. The second-order valence-electron chi connectivity index (χ2n) is 35.7. The number of azo groups is 8. The van der Waals surface area contributed by atoms with E-state index in [4.69, 9.17) is 50.1 Å². The summed E-state index contributed by atoms with van der Waals surface area (Å²) in [6.45, 7) is 55.9. The van der Waals surface area contributed by atoms with Crippen LogP contribution in [0.5, 0.6) is 0 Å². The summed E-state index contributed by atoms with van der Waals surface area (Å²) in [5.74, 6) is 0. The van der Waals surface area contributed by atoms with Crippen molar-refractivity contribution in [3.8, 4) is 0 Å². The molecule has 580 valence electrons. The van der Waals surface area contributed by atoms with Gasteiger partial charge in [-0.05, 0) is 272 Å². The summed E-state index contributed by atoms with van der Waals surface area (Å²) < 4.78 is 91.5. The summed E-state index contributed by atoms with van der Waals surface area (Å²) in [4.78, 5) is 0. The van der Waals surface area contributed by atoms with Crippen LogP contribution < -0.4 is 15.9 Å². The molecule has 0 saturated heterocycles. The smallest absolute Gasteiger partial charge is 0.352 e. The number of alkyl halides is 6. The SMILES string of the molecule is Cc1ccc2c(c1)N=[N+](c1cc(C(F)(F)F)cc(C(F)(F)F)c1)C[N+]2(C)c1ccccc1.Cc1ccc2c(c1)N=[N+](c1ccc(Cl)cc1)C[N+]2([Si](C)(C)C)[Si](C)(C)C.Cc1ccc2c(c1)N=[N+](c1cccc(Cl)c1)C[N+]2([Si](C)(C)C)[Si](C)(C)C.Cc1ccc2c(c1)N=[N+](c1ccccc1Cl)C[N+]2([Si](C)(C)C)[Si](C)(C)C.